The smallest absolute Gasteiger partial charge is 0.0509 e. The molecule has 1 unspecified atom stereocenters. The van der Waals surface area contributed by atoms with Gasteiger partial charge in [0.05, 0.1) is 5.52 Å². The van der Waals surface area contributed by atoms with Gasteiger partial charge < -0.3 is 4.57 Å². The lowest BCUT2D eigenvalue weighted by atomic mass is 10.0. The van der Waals surface area contributed by atoms with Gasteiger partial charge in [-0.2, -0.15) is 0 Å². The Morgan fingerprint density at radius 1 is 1.00 bits per heavy atom. The molecule has 0 aliphatic heterocycles. The number of rotatable bonds is 1. The van der Waals surface area contributed by atoms with Gasteiger partial charge >= 0.3 is 0 Å². The van der Waals surface area contributed by atoms with Gasteiger partial charge in [-0.1, -0.05) is 45.7 Å². The van der Waals surface area contributed by atoms with E-state index in [-0.39, 0.29) is 0 Å². The summed E-state index contributed by atoms with van der Waals surface area (Å²) >= 11 is 9.84. The quantitative estimate of drug-likeness (QED) is 0.437. The molecule has 0 N–H and O–H groups in total. The number of fused-ring (bicyclic) bond motifs is 3. The van der Waals surface area contributed by atoms with Gasteiger partial charge in [-0.05, 0) is 49.6 Å². The van der Waals surface area contributed by atoms with Crippen molar-refractivity contribution >= 4 is 49.3 Å². The van der Waals surface area contributed by atoms with Gasteiger partial charge in [0, 0.05) is 31.8 Å². The molecule has 0 radical (unpaired) electrons. The molecule has 2 aromatic carbocycles. The SMILES string of the molecule is Clc1ccc2c3cc(Br)ccc3n(C3CC=CCC3)c2c1. The number of hydrogen-bond acceptors (Lipinski definition) is 0. The summed E-state index contributed by atoms with van der Waals surface area (Å²) in [6, 6.07) is 13.3. The molecular weight excluding hydrogens is 346 g/mol. The molecule has 1 aliphatic rings. The average molecular weight is 361 g/mol. The summed E-state index contributed by atoms with van der Waals surface area (Å²) in [7, 11) is 0. The van der Waals surface area contributed by atoms with Crippen LogP contribution in [0, 0.1) is 0 Å². The lowest BCUT2D eigenvalue weighted by molar-refractivity contribution is 0.485. The molecule has 1 heterocycles. The second-order valence-electron chi connectivity index (χ2n) is 5.63. The van der Waals surface area contributed by atoms with Crippen molar-refractivity contribution in [1.82, 2.24) is 4.57 Å². The van der Waals surface area contributed by atoms with Crippen LogP contribution in [0.1, 0.15) is 25.3 Å². The van der Waals surface area contributed by atoms with E-state index in [1.54, 1.807) is 0 Å². The van der Waals surface area contributed by atoms with Crippen molar-refractivity contribution in [2.75, 3.05) is 0 Å². The Morgan fingerprint density at radius 3 is 2.71 bits per heavy atom. The van der Waals surface area contributed by atoms with Crippen LogP contribution in [-0.2, 0) is 0 Å². The van der Waals surface area contributed by atoms with E-state index >= 15 is 0 Å². The molecule has 21 heavy (non-hydrogen) atoms. The number of aromatic nitrogens is 1. The molecule has 1 aliphatic carbocycles. The first-order valence-corrected chi connectivity index (χ1v) is 8.45. The molecule has 0 fully saturated rings. The first-order valence-electron chi connectivity index (χ1n) is 7.28. The first-order chi connectivity index (χ1) is 10.2. The summed E-state index contributed by atoms with van der Waals surface area (Å²) in [6.07, 6.45) is 8.03. The van der Waals surface area contributed by atoms with Gasteiger partial charge in [-0.15, -0.1) is 0 Å². The number of halogens is 2. The third kappa shape index (κ3) is 2.21. The van der Waals surface area contributed by atoms with Crippen molar-refractivity contribution < 1.29 is 0 Å². The van der Waals surface area contributed by atoms with Gasteiger partial charge in [0.15, 0.2) is 0 Å². The Balaban J connectivity index is 2.09. The number of nitrogens with zero attached hydrogens (tertiary/aromatic N) is 1. The van der Waals surface area contributed by atoms with Crippen LogP contribution in [0.3, 0.4) is 0 Å². The topological polar surface area (TPSA) is 4.93 Å². The van der Waals surface area contributed by atoms with Crippen molar-refractivity contribution in [3.8, 4) is 0 Å². The standard InChI is InChI=1S/C18H15BrClN/c19-12-6-9-17-16(10-12)15-8-7-13(20)11-18(15)21(17)14-4-2-1-3-5-14/h1-2,6-11,14H,3-5H2. The zero-order valence-electron chi connectivity index (χ0n) is 11.5. The minimum atomic E-state index is 0.523. The van der Waals surface area contributed by atoms with E-state index in [1.165, 1.54) is 28.2 Å². The summed E-state index contributed by atoms with van der Waals surface area (Å²) in [5.74, 6) is 0. The summed E-state index contributed by atoms with van der Waals surface area (Å²) in [5.41, 5.74) is 2.55. The van der Waals surface area contributed by atoms with Crippen LogP contribution in [-0.4, -0.2) is 4.57 Å². The summed E-state index contributed by atoms with van der Waals surface area (Å²) in [5, 5.41) is 3.38. The Labute approximate surface area is 137 Å². The van der Waals surface area contributed by atoms with Crippen molar-refractivity contribution in [3.05, 3.63) is 58.0 Å². The van der Waals surface area contributed by atoms with Crippen molar-refractivity contribution in [2.45, 2.75) is 25.3 Å². The van der Waals surface area contributed by atoms with E-state index in [4.69, 9.17) is 11.6 Å². The van der Waals surface area contributed by atoms with Crippen LogP contribution < -0.4 is 0 Å². The van der Waals surface area contributed by atoms with Gasteiger partial charge in [0.1, 0.15) is 0 Å². The monoisotopic (exact) mass is 359 g/mol. The second-order valence-corrected chi connectivity index (χ2v) is 6.98. The molecule has 0 saturated heterocycles. The van der Waals surface area contributed by atoms with Crippen LogP contribution in [0.15, 0.2) is 53.0 Å². The van der Waals surface area contributed by atoms with Gasteiger partial charge in [0.25, 0.3) is 0 Å². The van der Waals surface area contributed by atoms with Crippen molar-refractivity contribution in [2.24, 2.45) is 0 Å². The highest BCUT2D eigenvalue weighted by molar-refractivity contribution is 9.10. The van der Waals surface area contributed by atoms with E-state index in [9.17, 15) is 0 Å². The highest BCUT2D eigenvalue weighted by Crippen LogP contribution is 2.38. The fourth-order valence-electron chi connectivity index (χ4n) is 3.40. The van der Waals surface area contributed by atoms with Gasteiger partial charge in [-0.25, -0.2) is 0 Å². The zero-order valence-corrected chi connectivity index (χ0v) is 13.9. The van der Waals surface area contributed by atoms with Gasteiger partial charge in [0.2, 0.25) is 0 Å². The van der Waals surface area contributed by atoms with Crippen molar-refractivity contribution in [1.29, 1.82) is 0 Å². The van der Waals surface area contributed by atoms with Gasteiger partial charge in [-0.3, -0.25) is 0 Å². The van der Waals surface area contributed by atoms with Crippen LogP contribution in [0.2, 0.25) is 5.02 Å². The minimum absolute atomic E-state index is 0.523. The summed E-state index contributed by atoms with van der Waals surface area (Å²) in [6.45, 7) is 0. The third-order valence-electron chi connectivity index (χ3n) is 4.33. The molecule has 1 atom stereocenters. The van der Waals surface area contributed by atoms with E-state index in [0.717, 1.165) is 22.3 Å². The largest absolute Gasteiger partial charge is 0.337 e. The summed E-state index contributed by atoms with van der Waals surface area (Å²) in [4.78, 5) is 0. The fraction of sp³-hybridized carbons (Fsp3) is 0.222. The fourth-order valence-corrected chi connectivity index (χ4v) is 3.93. The van der Waals surface area contributed by atoms with Crippen LogP contribution in [0.4, 0.5) is 0 Å². The highest BCUT2D eigenvalue weighted by atomic mass is 79.9. The Hall–Kier alpha value is -1.25. The predicted octanol–water partition coefficient (Wildman–Crippen LogP) is 6.49. The molecule has 0 saturated carbocycles. The molecule has 3 heteroatoms. The maximum absolute atomic E-state index is 6.25. The Bertz CT molecular complexity index is 862. The second kappa shape index (κ2) is 5.19. The maximum Gasteiger partial charge on any atom is 0.0509 e. The van der Waals surface area contributed by atoms with E-state index < -0.39 is 0 Å². The lowest BCUT2D eigenvalue weighted by Gasteiger charge is -2.22. The molecule has 1 aromatic heterocycles. The number of hydrogen-bond donors (Lipinski definition) is 0. The number of allylic oxidation sites excluding steroid dienone is 2. The Kier molecular flexibility index (Phi) is 3.31. The predicted molar refractivity (Wildman–Crippen MR) is 94.2 cm³/mol. The molecule has 1 nitrogen and oxygen atoms in total. The molecule has 106 valence electrons. The van der Waals surface area contributed by atoms with Crippen molar-refractivity contribution in [3.63, 3.8) is 0 Å². The van der Waals surface area contributed by atoms with Crippen LogP contribution in [0.5, 0.6) is 0 Å². The summed E-state index contributed by atoms with van der Waals surface area (Å²) < 4.78 is 3.60. The van der Waals surface area contributed by atoms with E-state index in [2.05, 4.69) is 63.0 Å². The normalized spacial score (nSPS) is 18.7. The maximum atomic E-state index is 6.25. The molecule has 0 spiro atoms. The molecule has 0 bridgehead atoms. The lowest BCUT2D eigenvalue weighted by Crippen LogP contribution is -2.10. The average Bonchev–Trinajstić information content (AvgIpc) is 2.81. The number of benzene rings is 2. The first kappa shape index (κ1) is 13.4. The Morgan fingerprint density at radius 2 is 1.90 bits per heavy atom. The van der Waals surface area contributed by atoms with Crippen LogP contribution in [0.25, 0.3) is 21.8 Å². The molecule has 3 aromatic rings. The van der Waals surface area contributed by atoms with Crippen LogP contribution >= 0.6 is 27.5 Å². The molecule has 0 amide bonds. The molecular formula is C18H15BrClN. The van der Waals surface area contributed by atoms with E-state index in [0.29, 0.717) is 6.04 Å². The minimum Gasteiger partial charge on any atom is -0.337 e. The zero-order chi connectivity index (χ0) is 14.4. The third-order valence-corrected chi connectivity index (χ3v) is 5.06. The highest BCUT2D eigenvalue weighted by Gasteiger charge is 2.19. The van der Waals surface area contributed by atoms with E-state index in [1.807, 2.05) is 6.07 Å². The molecule has 4 rings (SSSR count).